The predicted octanol–water partition coefficient (Wildman–Crippen LogP) is 6.54. The summed E-state index contributed by atoms with van der Waals surface area (Å²) in [4.78, 5) is 29.2. The van der Waals surface area contributed by atoms with E-state index in [4.69, 9.17) is 27.9 Å². The maximum absolute atomic E-state index is 14.3. The Morgan fingerprint density at radius 1 is 0.930 bits per heavy atom. The molecular formula is C32H39Cl2N3O5S. The van der Waals surface area contributed by atoms with Crippen LogP contribution in [0.4, 0.5) is 5.69 Å². The second-order valence-corrected chi connectivity index (χ2v) is 14.1. The minimum atomic E-state index is -4.25. The topological polar surface area (TPSA) is 96.0 Å². The molecule has 0 heterocycles. The molecule has 3 aromatic carbocycles. The highest BCUT2D eigenvalue weighted by molar-refractivity contribution is 7.92. The van der Waals surface area contributed by atoms with Gasteiger partial charge in [-0.1, -0.05) is 60.0 Å². The minimum Gasteiger partial charge on any atom is -0.495 e. The molecule has 0 radical (unpaired) electrons. The molecule has 0 saturated carbocycles. The Hall–Kier alpha value is -3.27. The lowest BCUT2D eigenvalue weighted by Crippen LogP contribution is -2.55. The number of hydrogen-bond acceptors (Lipinski definition) is 5. The summed E-state index contributed by atoms with van der Waals surface area (Å²) >= 11 is 12.4. The first-order valence-corrected chi connectivity index (χ1v) is 16.1. The van der Waals surface area contributed by atoms with Crippen molar-refractivity contribution in [1.82, 2.24) is 10.2 Å². The fourth-order valence-electron chi connectivity index (χ4n) is 4.55. The molecule has 0 aliphatic heterocycles. The number of nitrogens with zero attached hydrogens (tertiary/aromatic N) is 2. The summed E-state index contributed by atoms with van der Waals surface area (Å²) in [5.74, 6) is -0.659. The normalized spacial score (nSPS) is 12.4. The van der Waals surface area contributed by atoms with Crippen LogP contribution in [0.25, 0.3) is 0 Å². The van der Waals surface area contributed by atoms with Gasteiger partial charge in [0.15, 0.2) is 0 Å². The predicted molar refractivity (Wildman–Crippen MR) is 172 cm³/mol. The maximum Gasteiger partial charge on any atom is 0.264 e. The van der Waals surface area contributed by atoms with Gasteiger partial charge in [0, 0.05) is 12.1 Å². The number of carbonyl (C=O) groups excluding carboxylic acids is 2. The summed E-state index contributed by atoms with van der Waals surface area (Å²) in [7, 11) is -2.81. The lowest BCUT2D eigenvalue weighted by molar-refractivity contribution is -0.141. The van der Waals surface area contributed by atoms with Crippen LogP contribution in [0.5, 0.6) is 5.75 Å². The highest BCUT2D eigenvalue weighted by Gasteiger charge is 2.35. The Balaban J connectivity index is 2.16. The number of ether oxygens (including phenoxy) is 1. The molecule has 0 aliphatic carbocycles. The van der Waals surface area contributed by atoms with E-state index < -0.39 is 34.1 Å². The summed E-state index contributed by atoms with van der Waals surface area (Å²) in [5, 5.41) is 3.60. The minimum absolute atomic E-state index is 0.00480. The third-order valence-corrected chi connectivity index (χ3v) is 9.22. The number of sulfonamides is 1. The van der Waals surface area contributed by atoms with Gasteiger partial charge in [-0.2, -0.15) is 0 Å². The van der Waals surface area contributed by atoms with Crippen molar-refractivity contribution in [3.05, 3.63) is 87.4 Å². The van der Waals surface area contributed by atoms with Crippen LogP contribution < -0.4 is 14.4 Å². The standard InChI is InChI=1S/C32H39Cl2N3O5S/c1-8-27(31(39)35-32(4,5)6)36(19-23-12-15-25(33)26(34)18-23)30(38)20-37(28-17-22(3)11-16-29(28)42-7)43(40,41)24-13-9-21(2)10-14-24/h9-18,27H,8,19-20H2,1-7H3,(H,35,39)/t27-/m1/s1. The van der Waals surface area contributed by atoms with Gasteiger partial charge in [0.1, 0.15) is 18.3 Å². The van der Waals surface area contributed by atoms with Crippen LogP contribution in [0.3, 0.4) is 0 Å². The van der Waals surface area contributed by atoms with Crippen LogP contribution in [0.15, 0.2) is 65.6 Å². The Morgan fingerprint density at radius 3 is 2.12 bits per heavy atom. The molecule has 0 unspecified atom stereocenters. The van der Waals surface area contributed by atoms with Gasteiger partial charge in [-0.05, 0) is 88.6 Å². The van der Waals surface area contributed by atoms with Crippen LogP contribution >= 0.6 is 23.2 Å². The number of benzene rings is 3. The third-order valence-electron chi connectivity index (χ3n) is 6.71. The molecule has 11 heteroatoms. The van der Waals surface area contributed by atoms with Crippen molar-refractivity contribution in [2.45, 2.75) is 71.0 Å². The second-order valence-electron chi connectivity index (χ2n) is 11.4. The molecule has 3 rings (SSSR count). The SMILES string of the molecule is CC[C@H](C(=O)NC(C)(C)C)N(Cc1ccc(Cl)c(Cl)c1)C(=O)CN(c1cc(C)ccc1OC)S(=O)(=O)c1ccc(C)cc1. The van der Waals surface area contributed by atoms with Crippen LogP contribution in [0.2, 0.25) is 10.0 Å². The van der Waals surface area contributed by atoms with Gasteiger partial charge in [0.25, 0.3) is 10.0 Å². The van der Waals surface area contributed by atoms with Crippen molar-refractivity contribution < 1.29 is 22.7 Å². The lowest BCUT2D eigenvalue weighted by atomic mass is 10.1. The molecule has 8 nitrogen and oxygen atoms in total. The van der Waals surface area contributed by atoms with Crippen molar-refractivity contribution >= 4 is 50.7 Å². The Bertz CT molecular complexity index is 1570. The van der Waals surface area contributed by atoms with E-state index in [9.17, 15) is 18.0 Å². The molecule has 0 bridgehead atoms. The zero-order valence-electron chi connectivity index (χ0n) is 25.6. The van der Waals surface area contributed by atoms with E-state index in [0.29, 0.717) is 15.6 Å². The Labute approximate surface area is 265 Å². The van der Waals surface area contributed by atoms with Gasteiger partial charge < -0.3 is 15.0 Å². The number of anilines is 1. The number of methoxy groups -OCH3 is 1. The number of nitrogens with one attached hydrogen (secondary N) is 1. The van der Waals surface area contributed by atoms with Gasteiger partial charge in [0.2, 0.25) is 11.8 Å². The highest BCUT2D eigenvalue weighted by Crippen LogP contribution is 2.34. The molecule has 1 N–H and O–H groups in total. The molecule has 232 valence electrons. The van der Waals surface area contributed by atoms with Gasteiger partial charge >= 0.3 is 0 Å². The molecule has 0 spiro atoms. The summed E-state index contributed by atoms with van der Waals surface area (Å²) in [6, 6.07) is 15.6. The first kappa shape index (κ1) is 34.2. The summed E-state index contributed by atoms with van der Waals surface area (Å²) in [6.07, 6.45) is 0.285. The van der Waals surface area contributed by atoms with Crippen molar-refractivity contribution in [2.24, 2.45) is 0 Å². The van der Waals surface area contributed by atoms with Gasteiger partial charge in [-0.3, -0.25) is 13.9 Å². The molecule has 0 saturated heterocycles. The Kier molecular flexibility index (Phi) is 11.2. The summed E-state index contributed by atoms with van der Waals surface area (Å²) < 4.78 is 34.9. The second kappa shape index (κ2) is 14.0. The van der Waals surface area contributed by atoms with E-state index in [0.717, 1.165) is 15.4 Å². The fourth-order valence-corrected chi connectivity index (χ4v) is 6.29. The van der Waals surface area contributed by atoms with Crippen molar-refractivity contribution in [2.75, 3.05) is 18.0 Å². The smallest absolute Gasteiger partial charge is 0.264 e. The number of hydrogen-bond donors (Lipinski definition) is 1. The number of rotatable bonds is 11. The maximum atomic E-state index is 14.3. The summed E-state index contributed by atoms with van der Waals surface area (Å²) in [6.45, 7) is 10.4. The lowest BCUT2D eigenvalue weighted by Gasteiger charge is -2.35. The van der Waals surface area contributed by atoms with Gasteiger partial charge in [0.05, 0.1) is 27.7 Å². The first-order chi connectivity index (χ1) is 20.1. The van der Waals surface area contributed by atoms with Crippen molar-refractivity contribution in [1.29, 1.82) is 0 Å². The number of amides is 2. The largest absolute Gasteiger partial charge is 0.495 e. The molecule has 0 aromatic heterocycles. The van der Waals surface area contributed by atoms with E-state index in [-0.39, 0.29) is 35.2 Å². The quantitative estimate of drug-likeness (QED) is 0.255. The molecule has 0 aliphatic rings. The van der Waals surface area contributed by atoms with Crippen LogP contribution in [-0.2, 0) is 26.2 Å². The van der Waals surface area contributed by atoms with E-state index in [1.165, 1.54) is 24.1 Å². The van der Waals surface area contributed by atoms with Crippen molar-refractivity contribution in [3.63, 3.8) is 0 Å². The Morgan fingerprint density at radius 2 is 1.56 bits per heavy atom. The number of carbonyl (C=O) groups is 2. The third kappa shape index (κ3) is 8.65. The zero-order valence-corrected chi connectivity index (χ0v) is 27.9. The molecular weight excluding hydrogens is 609 g/mol. The average Bonchev–Trinajstić information content (AvgIpc) is 2.92. The van der Waals surface area contributed by atoms with Gasteiger partial charge in [-0.15, -0.1) is 0 Å². The molecule has 0 fully saturated rings. The van der Waals surface area contributed by atoms with Crippen molar-refractivity contribution in [3.8, 4) is 5.75 Å². The first-order valence-electron chi connectivity index (χ1n) is 13.9. The number of aryl methyl sites for hydroxylation is 2. The fraction of sp³-hybridized carbons (Fsp3) is 0.375. The van der Waals surface area contributed by atoms with Crippen LogP contribution in [0, 0.1) is 13.8 Å². The molecule has 1 atom stereocenters. The monoisotopic (exact) mass is 647 g/mol. The zero-order chi connectivity index (χ0) is 32.1. The molecule has 43 heavy (non-hydrogen) atoms. The van der Waals surface area contributed by atoms with E-state index in [1.54, 1.807) is 55.5 Å². The van der Waals surface area contributed by atoms with Crippen LogP contribution in [0.1, 0.15) is 50.8 Å². The average molecular weight is 649 g/mol. The van der Waals surface area contributed by atoms with Gasteiger partial charge in [-0.25, -0.2) is 8.42 Å². The van der Waals surface area contributed by atoms with E-state index >= 15 is 0 Å². The molecule has 3 aromatic rings. The number of halogens is 2. The van der Waals surface area contributed by atoms with E-state index in [1.807, 2.05) is 34.6 Å². The molecule has 2 amide bonds. The van der Waals surface area contributed by atoms with Crippen LogP contribution in [-0.4, -0.2) is 50.4 Å². The highest BCUT2D eigenvalue weighted by atomic mass is 35.5. The summed E-state index contributed by atoms with van der Waals surface area (Å²) in [5.41, 5.74) is 1.94. The van der Waals surface area contributed by atoms with E-state index in [2.05, 4.69) is 5.32 Å².